The predicted molar refractivity (Wildman–Crippen MR) is 68.7 cm³/mol. The van der Waals surface area contributed by atoms with Crippen molar-refractivity contribution in [2.24, 2.45) is 11.1 Å². The van der Waals surface area contributed by atoms with Crippen LogP contribution in [0.25, 0.3) is 0 Å². The van der Waals surface area contributed by atoms with E-state index < -0.39 is 0 Å². The quantitative estimate of drug-likeness (QED) is 0.664. The molecule has 1 rings (SSSR count). The molecule has 1 fully saturated rings. The van der Waals surface area contributed by atoms with Crippen LogP contribution in [-0.4, -0.2) is 32.2 Å². The molecule has 0 aromatic rings. The first-order valence-electron chi connectivity index (χ1n) is 6.77. The van der Waals surface area contributed by atoms with Crippen LogP contribution in [-0.2, 0) is 9.53 Å². The highest BCUT2D eigenvalue weighted by atomic mass is 16.5. The molecule has 1 amide bonds. The molecular weight excluding hydrogens is 216 g/mol. The van der Waals surface area contributed by atoms with Crippen LogP contribution in [0.15, 0.2) is 0 Å². The Kier molecular flexibility index (Phi) is 6.52. The fraction of sp³-hybridized carbons (Fsp3) is 0.923. The molecular formula is C13H26N2O2. The van der Waals surface area contributed by atoms with Crippen LogP contribution < -0.4 is 11.1 Å². The summed E-state index contributed by atoms with van der Waals surface area (Å²) in [4.78, 5) is 11.5. The number of hydrogen-bond donors (Lipinski definition) is 2. The molecule has 0 radical (unpaired) electrons. The van der Waals surface area contributed by atoms with Gasteiger partial charge in [-0.15, -0.1) is 0 Å². The van der Waals surface area contributed by atoms with Gasteiger partial charge in [0, 0.05) is 13.2 Å². The van der Waals surface area contributed by atoms with Crippen molar-refractivity contribution >= 4 is 5.91 Å². The minimum absolute atomic E-state index is 0.0168. The summed E-state index contributed by atoms with van der Waals surface area (Å²) in [5.41, 5.74) is 6.00. The summed E-state index contributed by atoms with van der Waals surface area (Å²) in [5.74, 6) is -0.0168. The van der Waals surface area contributed by atoms with Gasteiger partial charge in [0.2, 0.25) is 5.91 Å². The zero-order valence-corrected chi connectivity index (χ0v) is 11.0. The zero-order valence-electron chi connectivity index (χ0n) is 11.0. The Morgan fingerprint density at radius 3 is 2.65 bits per heavy atom. The summed E-state index contributed by atoms with van der Waals surface area (Å²) < 4.78 is 5.21. The molecule has 0 aliphatic heterocycles. The minimum atomic E-state index is -0.0168. The van der Waals surface area contributed by atoms with Crippen molar-refractivity contribution in [3.63, 3.8) is 0 Å². The minimum Gasteiger partial charge on any atom is -0.372 e. The summed E-state index contributed by atoms with van der Waals surface area (Å²) in [5, 5.41) is 2.96. The number of nitrogens with one attached hydrogen (secondary N) is 1. The molecule has 1 aliphatic rings. The highest BCUT2D eigenvalue weighted by Gasteiger charge is 2.30. The van der Waals surface area contributed by atoms with E-state index in [0.717, 1.165) is 19.3 Å². The molecule has 4 heteroatoms. The topological polar surface area (TPSA) is 64.3 Å². The van der Waals surface area contributed by atoms with Crippen LogP contribution in [0.5, 0.6) is 0 Å². The van der Waals surface area contributed by atoms with Crippen molar-refractivity contribution in [1.82, 2.24) is 5.32 Å². The summed E-state index contributed by atoms with van der Waals surface area (Å²) in [6, 6.07) is 0. The molecule has 0 spiro atoms. The van der Waals surface area contributed by atoms with Gasteiger partial charge in [-0.2, -0.15) is 0 Å². The van der Waals surface area contributed by atoms with E-state index in [1.165, 1.54) is 19.3 Å². The van der Waals surface area contributed by atoms with Gasteiger partial charge in [0.1, 0.15) is 6.61 Å². The van der Waals surface area contributed by atoms with E-state index in [0.29, 0.717) is 19.7 Å². The van der Waals surface area contributed by atoms with Crippen molar-refractivity contribution < 1.29 is 9.53 Å². The smallest absolute Gasteiger partial charge is 0.246 e. The van der Waals surface area contributed by atoms with Gasteiger partial charge >= 0.3 is 0 Å². The molecule has 1 saturated carbocycles. The van der Waals surface area contributed by atoms with Crippen molar-refractivity contribution in [3.05, 3.63) is 0 Å². The third kappa shape index (κ3) is 5.04. The van der Waals surface area contributed by atoms with Gasteiger partial charge in [-0.05, 0) is 31.2 Å². The monoisotopic (exact) mass is 242 g/mol. The van der Waals surface area contributed by atoms with Crippen LogP contribution in [0.2, 0.25) is 0 Å². The van der Waals surface area contributed by atoms with Crippen molar-refractivity contribution in [2.75, 3.05) is 26.3 Å². The van der Waals surface area contributed by atoms with Gasteiger partial charge in [0.05, 0.1) is 0 Å². The molecule has 17 heavy (non-hydrogen) atoms. The van der Waals surface area contributed by atoms with Gasteiger partial charge in [0.25, 0.3) is 0 Å². The molecule has 3 N–H and O–H groups in total. The maximum Gasteiger partial charge on any atom is 0.246 e. The zero-order chi connectivity index (χ0) is 12.6. The van der Waals surface area contributed by atoms with E-state index >= 15 is 0 Å². The molecule has 0 aromatic heterocycles. The SMILES string of the molecule is CCCOCC(=O)NCC1(CN)CCCCC1. The van der Waals surface area contributed by atoms with Crippen LogP contribution in [0.3, 0.4) is 0 Å². The second-order valence-electron chi connectivity index (χ2n) is 5.09. The molecule has 4 nitrogen and oxygen atoms in total. The van der Waals surface area contributed by atoms with Gasteiger partial charge < -0.3 is 15.8 Å². The van der Waals surface area contributed by atoms with E-state index in [4.69, 9.17) is 10.5 Å². The van der Waals surface area contributed by atoms with Crippen LogP contribution >= 0.6 is 0 Å². The van der Waals surface area contributed by atoms with E-state index in [1.54, 1.807) is 0 Å². The molecule has 0 unspecified atom stereocenters. The van der Waals surface area contributed by atoms with Crippen LogP contribution in [0.4, 0.5) is 0 Å². The van der Waals surface area contributed by atoms with Gasteiger partial charge in [-0.1, -0.05) is 26.2 Å². The Bertz CT molecular complexity index is 225. The van der Waals surface area contributed by atoms with E-state index in [9.17, 15) is 4.79 Å². The molecule has 100 valence electrons. The summed E-state index contributed by atoms with van der Waals surface area (Å²) >= 11 is 0. The number of nitrogens with two attached hydrogens (primary N) is 1. The van der Waals surface area contributed by atoms with Gasteiger partial charge in [-0.3, -0.25) is 4.79 Å². The molecule has 0 bridgehead atoms. The van der Waals surface area contributed by atoms with Crippen molar-refractivity contribution in [1.29, 1.82) is 0 Å². The lowest BCUT2D eigenvalue weighted by Crippen LogP contribution is -2.44. The third-order valence-corrected chi connectivity index (χ3v) is 3.59. The summed E-state index contributed by atoms with van der Waals surface area (Å²) in [6.45, 7) is 4.23. The normalized spacial score (nSPS) is 18.9. The lowest BCUT2D eigenvalue weighted by Gasteiger charge is -2.36. The van der Waals surface area contributed by atoms with Gasteiger partial charge in [-0.25, -0.2) is 0 Å². The number of hydrogen-bond acceptors (Lipinski definition) is 3. The van der Waals surface area contributed by atoms with Crippen molar-refractivity contribution in [3.8, 4) is 0 Å². The first-order chi connectivity index (χ1) is 8.22. The maximum atomic E-state index is 11.5. The number of ether oxygens (including phenoxy) is 1. The van der Waals surface area contributed by atoms with Crippen molar-refractivity contribution in [2.45, 2.75) is 45.4 Å². The summed E-state index contributed by atoms with van der Waals surface area (Å²) in [6.07, 6.45) is 6.99. The second kappa shape index (κ2) is 7.67. The van der Waals surface area contributed by atoms with Gasteiger partial charge in [0.15, 0.2) is 0 Å². The maximum absolute atomic E-state index is 11.5. The fourth-order valence-electron chi connectivity index (χ4n) is 2.40. The Morgan fingerprint density at radius 1 is 1.35 bits per heavy atom. The van der Waals surface area contributed by atoms with E-state index in [1.807, 2.05) is 6.92 Å². The first kappa shape index (κ1) is 14.5. The lowest BCUT2D eigenvalue weighted by atomic mass is 9.74. The van der Waals surface area contributed by atoms with Crippen LogP contribution in [0.1, 0.15) is 45.4 Å². The van der Waals surface area contributed by atoms with E-state index in [-0.39, 0.29) is 17.9 Å². The Balaban J connectivity index is 2.24. The Labute approximate surface area is 104 Å². The van der Waals surface area contributed by atoms with E-state index in [2.05, 4.69) is 5.32 Å². The molecule has 0 aromatic carbocycles. The summed E-state index contributed by atoms with van der Waals surface area (Å²) in [7, 11) is 0. The second-order valence-corrected chi connectivity index (χ2v) is 5.09. The Morgan fingerprint density at radius 2 is 2.06 bits per heavy atom. The Hall–Kier alpha value is -0.610. The largest absolute Gasteiger partial charge is 0.372 e. The fourth-order valence-corrected chi connectivity index (χ4v) is 2.40. The number of amides is 1. The average molecular weight is 242 g/mol. The molecule has 1 aliphatic carbocycles. The standard InChI is InChI=1S/C13H26N2O2/c1-2-8-17-9-12(16)15-11-13(10-14)6-4-3-5-7-13/h2-11,14H2,1H3,(H,15,16). The highest BCUT2D eigenvalue weighted by molar-refractivity contribution is 5.77. The number of carbonyl (C=O) groups is 1. The third-order valence-electron chi connectivity index (χ3n) is 3.59. The van der Waals surface area contributed by atoms with Crippen LogP contribution in [0, 0.1) is 5.41 Å². The lowest BCUT2D eigenvalue weighted by molar-refractivity contribution is -0.126. The predicted octanol–water partition coefficient (Wildman–Crippen LogP) is 1.44. The molecule has 0 saturated heterocycles. The highest BCUT2D eigenvalue weighted by Crippen LogP contribution is 2.34. The molecule has 0 atom stereocenters. The molecule has 0 heterocycles. The average Bonchev–Trinajstić information content (AvgIpc) is 2.38. The number of carbonyl (C=O) groups excluding carboxylic acids is 1. The number of rotatable bonds is 7. The first-order valence-corrected chi connectivity index (χ1v) is 6.77.